The van der Waals surface area contributed by atoms with Gasteiger partial charge in [0.15, 0.2) is 0 Å². The van der Waals surface area contributed by atoms with Crippen LogP contribution in [0.3, 0.4) is 0 Å². The van der Waals surface area contributed by atoms with Crippen molar-refractivity contribution in [2.75, 3.05) is 0 Å². The van der Waals surface area contributed by atoms with Crippen molar-refractivity contribution >= 4 is 17.3 Å². The quantitative estimate of drug-likeness (QED) is 0.371. The van der Waals surface area contributed by atoms with Crippen LogP contribution in [0.1, 0.15) is 10.4 Å². The van der Waals surface area contributed by atoms with Gasteiger partial charge < -0.3 is 4.74 Å². The second kappa shape index (κ2) is 5.95. The van der Waals surface area contributed by atoms with Crippen molar-refractivity contribution in [2.45, 2.75) is 0 Å². The molecular weight excluding hydrogens is 299 g/mol. The average Bonchev–Trinajstić information content (AvgIpc) is 2.47. The molecule has 0 saturated carbocycles. The predicted molar refractivity (Wildman–Crippen MR) is 71.1 cm³/mol. The summed E-state index contributed by atoms with van der Waals surface area (Å²) in [6, 6.07) is 7.01. The van der Waals surface area contributed by atoms with Gasteiger partial charge in [0.1, 0.15) is 5.82 Å². The van der Waals surface area contributed by atoms with Gasteiger partial charge in [0.25, 0.3) is 5.69 Å². The summed E-state index contributed by atoms with van der Waals surface area (Å²) in [6.45, 7) is 0. The maximum atomic E-state index is 13.1. The lowest BCUT2D eigenvalue weighted by Gasteiger charge is -2.05. The van der Waals surface area contributed by atoms with E-state index in [0.29, 0.717) is 6.07 Å². The second-order valence-electron chi connectivity index (χ2n) is 4.07. The number of non-ortho nitro benzene ring substituents is 1. The number of nitro groups is 2. The largest absolute Gasteiger partial charge is 0.415 e. The maximum Gasteiger partial charge on any atom is 0.344 e. The number of hydrogen-bond acceptors (Lipinski definition) is 6. The standard InChI is InChI=1S/C13H7FN2O6/c14-9-4-5-11(16(20)21)12(7-9)22-13(17)8-2-1-3-10(6-8)15(18)19/h1-7H. The summed E-state index contributed by atoms with van der Waals surface area (Å²) in [7, 11) is 0. The molecule has 0 spiro atoms. The first-order valence-electron chi connectivity index (χ1n) is 5.79. The number of nitrogens with zero attached hydrogens (tertiary/aromatic N) is 2. The normalized spacial score (nSPS) is 10.0. The molecule has 0 fully saturated rings. The van der Waals surface area contributed by atoms with Gasteiger partial charge in [-0.3, -0.25) is 20.2 Å². The van der Waals surface area contributed by atoms with Crippen LogP contribution in [0, 0.1) is 26.0 Å². The molecule has 0 bridgehead atoms. The van der Waals surface area contributed by atoms with Crippen LogP contribution in [0.5, 0.6) is 5.75 Å². The zero-order valence-corrected chi connectivity index (χ0v) is 10.8. The molecule has 2 rings (SSSR count). The summed E-state index contributed by atoms with van der Waals surface area (Å²) in [5.41, 5.74) is -1.13. The number of ether oxygens (including phenoxy) is 1. The highest BCUT2D eigenvalue weighted by molar-refractivity contribution is 5.92. The van der Waals surface area contributed by atoms with Gasteiger partial charge in [0, 0.05) is 24.3 Å². The molecule has 8 nitrogen and oxygen atoms in total. The molecule has 0 N–H and O–H groups in total. The minimum absolute atomic E-state index is 0.187. The molecule has 0 aromatic heterocycles. The zero-order valence-electron chi connectivity index (χ0n) is 10.8. The van der Waals surface area contributed by atoms with Crippen LogP contribution in [0.25, 0.3) is 0 Å². The third-order valence-corrected chi connectivity index (χ3v) is 2.61. The summed E-state index contributed by atoms with van der Waals surface area (Å²) in [4.78, 5) is 31.8. The number of nitro benzene ring substituents is 2. The van der Waals surface area contributed by atoms with Crippen LogP contribution < -0.4 is 4.74 Å². The van der Waals surface area contributed by atoms with E-state index in [-0.39, 0.29) is 11.3 Å². The molecule has 0 heterocycles. The monoisotopic (exact) mass is 306 g/mol. The Morgan fingerprint density at radius 3 is 2.41 bits per heavy atom. The Kier molecular flexibility index (Phi) is 4.07. The first-order valence-corrected chi connectivity index (χ1v) is 5.79. The van der Waals surface area contributed by atoms with Gasteiger partial charge in [-0.05, 0) is 12.1 Å². The summed E-state index contributed by atoms with van der Waals surface area (Å²) < 4.78 is 17.9. The van der Waals surface area contributed by atoms with Crippen LogP contribution in [-0.2, 0) is 0 Å². The molecule has 0 unspecified atom stereocenters. The highest BCUT2D eigenvalue weighted by Gasteiger charge is 2.20. The van der Waals surface area contributed by atoms with Gasteiger partial charge in [-0.2, -0.15) is 0 Å². The molecule has 0 amide bonds. The van der Waals surface area contributed by atoms with E-state index in [1.54, 1.807) is 0 Å². The number of carbonyl (C=O) groups excluding carboxylic acids is 1. The first kappa shape index (κ1) is 15.0. The van der Waals surface area contributed by atoms with Crippen molar-refractivity contribution in [3.63, 3.8) is 0 Å². The Balaban J connectivity index is 2.33. The van der Waals surface area contributed by atoms with Gasteiger partial charge >= 0.3 is 11.7 Å². The Bertz CT molecular complexity index is 777. The lowest BCUT2D eigenvalue weighted by atomic mass is 10.2. The van der Waals surface area contributed by atoms with Crippen molar-refractivity contribution < 1.29 is 23.8 Å². The number of rotatable bonds is 4. The third kappa shape index (κ3) is 3.20. The smallest absolute Gasteiger partial charge is 0.344 e. The molecule has 22 heavy (non-hydrogen) atoms. The lowest BCUT2D eigenvalue weighted by Crippen LogP contribution is -2.10. The SMILES string of the molecule is O=C(Oc1cc(F)ccc1[N+](=O)[O-])c1cccc([N+](=O)[O-])c1. The second-order valence-corrected chi connectivity index (χ2v) is 4.07. The predicted octanol–water partition coefficient (Wildman–Crippen LogP) is 2.86. The fraction of sp³-hybridized carbons (Fsp3) is 0. The minimum atomic E-state index is -1.07. The van der Waals surface area contributed by atoms with E-state index in [4.69, 9.17) is 4.74 Å². The van der Waals surface area contributed by atoms with Crippen LogP contribution in [0.15, 0.2) is 42.5 Å². The summed E-state index contributed by atoms with van der Waals surface area (Å²) in [5, 5.41) is 21.4. The number of esters is 1. The molecule has 0 saturated heterocycles. The topological polar surface area (TPSA) is 113 Å². The van der Waals surface area contributed by atoms with E-state index >= 15 is 0 Å². The Labute approximate surface area is 122 Å². The Morgan fingerprint density at radius 2 is 1.77 bits per heavy atom. The van der Waals surface area contributed by atoms with Crippen molar-refractivity contribution in [3.8, 4) is 5.75 Å². The van der Waals surface area contributed by atoms with Crippen molar-refractivity contribution in [1.29, 1.82) is 0 Å². The first-order chi connectivity index (χ1) is 10.4. The number of carbonyl (C=O) groups is 1. The Hall–Kier alpha value is -3.36. The Morgan fingerprint density at radius 1 is 1.05 bits per heavy atom. The van der Waals surface area contributed by atoms with E-state index in [2.05, 4.69) is 0 Å². The van der Waals surface area contributed by atoms with Crippen LogP contribution >= 0.6 is 0 Å². The molecule has 112 valence electrons. The van der Waals surface area contributed by atoms with Crippen molar-refractivity contribution in [1.82, 2.24) is 0 Å². The maximum absolute atomic E-state index is 13.1. The number of hydrogen-bond donors (Lipinski definition) is 0. The summed E-state index contributed by atoms with van der Waals surface area (Å²) >= 11 is 0. The molecule has 0 aliphatic heterocycles. The molecule has 0 radical (unpaired) electrons. The molecule has 2 aromatic rings. The molecule has 0 aliphatic carbocycles. The van der Waals surface area contributed by atoms with Gasteiger partial charge in [0.2, 0.25) is 5.75 Å². The van der Waals surface area contributed by atoms with Crippen molar-refractivity contribution in [2.24, 2.45) is 0 Å². The van der Waals surface area contributed by atoms with E-state index in [9.17, 15) is 29.4 Å². The fourth-order valence-electron chi connectivity index (χ4n) is 1.63. The summed E-state index contributed by atoms with van der Waals surface area (Å²) in [6.07, 6.45) is 0. The van der Waals surface area contributed by atoms with Gasteiger partial charge in [0.05, 0.1) is 15.4 Å². The van der Waals surface area contributed by atoms with E-state index in [1.165, 1.54) is 18.2 Å². The molecule has 9 heteroatoms. The number of halogens is 1. The molecule has 0 atom stereocenters. The van der Waals surface area contributed by atoms with E-state index in [0.717, 1.165) is 18.2 Å². The minimum Gasteiger partial charge on any atom is -0.415 e. The highest BCUT2D eigenvalue weighted by atomic mass is 19.1. The molecule has 0 aliphatic rings. The fourth-order valence-corrected chi connectivity index (χ4v) is 1.63. The lowest BCUT2D eigenvalue weighted by molar-refractivity contribution is -0.385. The molecular formula is C13H7FN2O6. The van der Waals surface area contributed by atoms with Crippen LogP contribution in [0.4, 0.5) is 15.8 Å². The van der Waals surface area contributed by atoms with E-state index in [1.807, 2.05) is 0 Å². The van der Waals surface area contributed by atoms with Crippen molar-refractivity contribution in [3.05, 3.63) is 74.1 Å². The third-order valence-electron chi connectivity index (χ3n) is 2.61. The van der Waals surface area contributed by atoms with Crippen LogP contribution in [-0.4, -0.2) is 15.8 Å². The average molecular weight is 306 g/mol. The number of benzene rings is 2. The van der Waals surface area contributed by atoms with Gasteiger partial charge in [-0.15, -0.1) is 0 Å². The van der Waals surface area contributed by atoms with Gasteiger partial charge in [-0.1, -0.05) is 6.07 Å². The highest BCUT2D eigenvalue weighted by Crippen LogP contribution is 2.28. The zero-order chi connectivity index (χ0) is 16.3. The van der Waals surface area contributed by atoms with Crippen LogP contribution in [0.2, 0.25) is 0 Å². The molecule has 2 aromatic carbocycles. The van der Waals surface area contributed by atoms with Gasteiger partial charge in [-0.25, -0.2) is 9.18 Å². The van der Waals surface area contributed by atoms with E-state index < -0.39 is 33.1 Å². The summed E-state index contributed by atoms with van der Waals surface area (Å²) in [5.74, 6) is -2.48.